The van der Waals surface area contributed by atoms with Gasteiger partial charge >= 0.3 is 0 Å². The highest BCUT2D eigenvalue weighted by Crippen LogP contribution is 2.27. The Balaban J connectivity index is 2.13. The molecule has 0 radical (unpaired) electrons. The van der Waals surface area contributed by atoms with Crippen LogP contribution >= 0.6 is 0 Å². The van der Waals surface area contributed by atoms with Crippen molar-refractivity contribution in [2.24, 2.45) is 0 Å². The molecule has 108 valence electrons. The standard InChI is InChI=1S/C16H23N3O/c1-5-7-17-8-6-14-18-19-16(20-14)15-12(3)9-11(2)10-13(15)4/h9-10,17H,5-8H2,1-4H3. The molecule has 1 aromatic heterocycles. The Morgan fingerprint density at radius 3 is 2.40 bits per heavy atom. The highest BCUT2D eigenvalue weighted by atomic mass is 16.4. The van der Waals surface area contributed by atoms with Crippen molar-refractivity contribution >= 4 is 0 Å². The third-order valence-electron chi connectivity index (χ3n) is 3.30. The lowest BCUT2D eigenvalue weighted by atomic mass is 10.00. The summed E-state index contributed by atoms with van der Waals surface area (Å²) in [5.74, 6) is 1.33. The second kappa shape index (κ2) is 6.66. The maximum atomic E-state index is 5.79. The van der Waals surface area contributed by atoms with Crippen molar-refractivity contribution in [1.29, 1.82) is 0 Å². The van der Waals surface area contributed by atoms with Crippen LogP contribution in [0.4, 0.5) is 0 Å². The van der Waals surface area contributed by atoms with Crippen molar-refractivity contribution in [3.63, 3.8) is 0 Å². The van der Waals surface area contributed by atoms with Gasteiger partial charge in [0.25, 0.3) is 0 Å². The fourth-order valence-electron chi connectivity index (χ4n) is 2.47. The number of nitrogens with one attached hydrogen (secondary N) is 1. The van der Waals surface area contributed by atoms with Gasteiger partial charge in [-0.25, -0.2) is 0 Å². The quantitative estimate of drug-likeness (QED) is 0.821. The first-order valence-corrected chi connectivity index (χ1v) is 7.23. The molecule has 20 heavy (non-hydrogen) atoms. The van der Waals surface area contributed by atoms with Gasteiger partial charge in [0.05, 0.1) is 0 Å². The molecule has 0 spiro atoms. The van der Waals surface area contributed by atoms with Crippen LogP contribution in [0.3, 0.4) is 0 Å². The minimum Gasteiger partial charge on any atom is -0.421 e. The summed E-state index contributed by atoms with van der Waals surface area (Å²) < 4.78 is 5.79. The molecule has 1 aromatic carbocycles. The largest absolute Gasteiger partial charge is 0.421 e. The lowest BCUT2D eigenvalue weighted by molar-refractivity contribution is 0.494. The number of nitrogens with zero attached hydrogens (tertiary/aromatic N) is 2. The second-order valence-corrected chi connectivity index (χ2v) is 5.27. The van der Waals surface area contributed by atoms with Crippen LogP contribution in [0.25, 0.3) is 11.5 Å². The van der Waals surface area contributed by atoms with Crippen LogP contribution in [0.2, 0.25) is 0 Å². The van der Waals surface area contributed by atoms with Crippen LogP contribution in [0.15, 0.2) is 16.5 Å². The van der Waals surface area contributed by atoms with Gasteiger partial charge in [0.1, 0.15) is 0 Å². The third-order valence-corrected chi connectivity index (χ3v) is 3.30. The number of hydrogen-bond donors (Lipinski definition) is 1. The van der Waals surface area contributed by atoms with Crippen LogP contribution in [-0.4, -0.2) is 23.3 Å². The minimum atomic E-state index is 0.630. The topological polar surface area (TPSA) is 51.0 Å². The normalized spacial score (nSPS) is 11.0. The molecular weight excluding hydrogens is 250 g/mol. The van der Waals surface area contributed by atoms with E-state index in [1.807, 2.05) is 0 Å². The Morgan fingerprint density at radius 2 is 1.75 bits per heavy atom. The van der Waals surface area contributed by atoms with Crippen LogP contribution in [-0.2, 0) is 6.42 Å². The Labute approximate surface area is 120 Å². The fourth-order valence-corrected chi connectivity index (χ4v) is 2.47. The van der Waals surface area contributed by atoms with E-state index in [0.717, 1.165) is 31.5 Å². The highest BCUT2D eigenvalue weighted by molar-refractivity contribution is 5.63. The first kappa shape index (κ1) is 14.7. The summed E-state index contributed by atoms with van der Waals surface area (Å²) in [5.41, 5.74) is 4.69. The van der Waals surface area contributed by atoms with Gasteiger partial charge in [-0.05, 0) is 44.9 Å². The molecule has 0 aliphatic heterocycles. The Hall–Kier alpha value is -1.68. The van der Waals surface area contributed by atoms with Crippen LogP contribution in [0, 0.1) is 20.8 Å². The van der Waals surface area contributed by atoms with E-state index in [2.05, 4.69) is 55.3 Å². The van der Waals surface area contributed by atoms with E-state index in [1.54, 1.807) is 0 Å². The molecule has 0 saturated carbocycles. The molecule has 1 N–H and O–H groups in total. The molecule has 2 aromatic rings. The van der Waals surface area contributed by atoms with Crippen molar-refractivity contribution in [3.8, 4) is 11.5 Å². The van der Waals surface area contributed by atoms with E-state index in [1.165, 1.54) is 16.7 Å². The van der Waals surface area contributed by atoms with Gasteiger partial charge < -0.3 is 9.73 Å². The van der Waals surface area contributed by atoms with E-state index >= 15 is 0 Å². The minimum absolute atomic E-state index is 0.630. The molecule has 2 rings (SSSR count). The van der Waals surface area contributed by atoms with E-state index in [0.29, 0.717) is 11.8 Å². The van der Waals surface area contributed by atoms with Crippen molar-refractivity contribution in [2.75, 3.05) is 13.1 Å². The lowest BCUT2D eigenvalue weighted by Gasteiger charge is -2.07. The molecule has 0 aliphatic carbocycles. The molecule has 0 fully saturated rings. The summed E-state index contributed by atoms with van der Waals surface area (Å²) in [4.78, 5) is 0. The summed E-state index contributed by atoms with van der Waals surface area (Å²) in [6, 6.07) is 4.30. The molecular formula is C16H23N3O. The average molecular weight is 273 g/mol. The molecule has 0 atom stereocenters. The zero-order valence-corrected chi connectivity index (χ0v) is 12.8. The molecule has 4 heteroatoms. The molecule has 0 saturated heterocycles. The van der Waals surface area contributed by atoms with Crippen molar-refractivity contribution in [3.05, 3.63) is 34.7 Å². The molecule has 0 unspecified atom stereocenters. The Morgan fingerprint density at radius 1 is 1.05 bits per heavy atom. The smallest absolute Gasteiger partial charge is 0.248 e. The van der Waals surface area contributed by atoms with Crippen LogP contribution in [0.5, 0.6) is 0 Å². The number of benzene rings is 1. The Bertz CT molecular complexity index is 552. The maximum absolute atomic E-state index is 5.79. The van der Waals surface area contributed by atoms with E-state index in [9.17, 15) is 0 Å². The average Bonchev–Trinajstić information content (AvgIpc) is 2.82. The highest BCUT2D eigenvalue weighted by Gasteiger charge is 2.13. The van der Waals surface area contributed by atoms with Crippen LogP contribution in [0.1, 0.15) is 35.9 Å². The van der Waals surface area contributed by atoms with Crippen molar-refractivity contribution in [1.82, 2.24) is 15.5 Å². The van der Waals surface area contributed by atoms with E-state index in [-0.39, 0.29) is 0 Å². The summed E-state index contributed by atoms with van der Waals surface area (Å²) >= 11 is 0. The zero-order chi connectivity index (χ0) is 14.5. The maximum Gasteiger partial charge on any atom is 0.248 e. The van der Waals surface area contributed by atoms with E-state index in [4.69, 9.17) is 4.42 Å². The fraction of sp³-hybridized carbons (Fsp3) is 0.500. The van der Waals surface area contributed by atoms with Gasteiger partial charge in [-0.3, -0.25) is 0 Å². The number of aromatic nitrogens is 2. The number of hydrogen-bond acceptors (Lipinski definition) is 4. The number of aryl methyl sites for hydroxylation is 3. The molecule has 0 amide bonds. The predicted molar refractivity (Wildman–Crippen MR) is 80.8 cm³/mol. The molecule has 4 nitrogen and oxygen atoms in total. The lowest BCUT2D eigenvalue weighted by Crippen LogP contribution is -2.17. The Kier molecular flexibility index (Phi) is 4.90. The van der Waals surface area contributed by atoms with Gasteiger partial charge in [0.2, 0.25) is 11.8 Å². The van der Waals surface area contributed by atoms with Gasteiger partial charge in [0.15, 0.2) is 0 Å². The zero-order valence-electron chi connectivity index (χ0n) is 12.8. The van der Waals surface area contributed by atoms with Crippen LogP contribution < -0.4 is 5.32 Å². The SMILES string of the molecule is CCCNCCc1nnc(-c2c(C)cc(C)cc2C)o1. The van der Waals surface area contributed by atoms with Gasteiger partial charge in [0, 0.05) is 18.5 Å². The second-order valence-electron chi connectivity index (χ2n) is 5.27. The predicted octanol–water partition coefficient (Wildman–Crippen LogP) is 3.20. The summed E-state index contributed by atoms with van der Waals surface area (Å²) in [6.45, 7) is 10.3. The summed E-state index contributed by atoms with van der Waals surface area (Å²) in [7, 11) is 0. The van der Waals surface area contributed by atoms with E-state index < -0.39 is 0 Å². The van der Waals surface area contributed by atoms with Crippen molar-refractivity contribution < 1.29 is 4.42 Å². The monoisotopic (exact) mass is 273 g/mol. The van der Waals surface area contributed by atoms with Crippen molar-refractivity contribution in [2.45, 2.75) is 40.5 Å². The first-order valence-electron chi connectivity index (χ1n) is 7.23. The summed E-state index contributed by atoms with van der Waals surface area (Å²) in [5, 5.41) is 11.7. The molecule has 1 heterocycles. The molecule has 0 bridgehead atoms. The third kappa shape index (κ3) is 3.45. The summed E-state index contributed by atoms with van der Waals surface area (Å²) in [6.07, 6.45) is 1.91. The van der Waals surface area contributed by atoms with Gasteiger partial charge in [-0.2, -0.15) is 0 Å². The first-order chi connectivity index (χ1) is 9.61. The van der Waals surface area contributed by atoms with Gasteiger partial charge in [-0.15, -0.1) is 10.2 Å². The van der Waals surface area contributed by atoms with Gasteiger partial charge in [-0.1, -0.05) is 24.6 Å². The number of rotatable bonds is 6. The molecule has 0 aliphatic rings.